The number of aliphatic hydroxyl groups excluding tert-OH is 1. The molecule has 1 aromatic carbocycles. The first-order valence-electron chi connectivity index (χ1n) is 13.4. The molecule has 1 aliphatic rings. The predicted octanol–water partition coefficient (Wildman–Crippen LogP) is 3.98. The van der Waals surface area contributed by atoms with Crippen LogP contribution in [0.4, 0.5) is 11.6 Å². The van der Waals surface area contributed by atoms with Crippen molar-refractivity contribution in [3.05, 3.63) is 63.2 Å². The Morgan fingerprint density at radius 1 is 1.15 bits per heavy atom. The Morgan fingerprint density at radius 3 is 2.69 bits per heavy atom. The fraction of sp³-hybridized carbons (Fsp3) is 0.429. The van der Waals surface area contributed by atoms with Gasteiger partial charge in [-0.2, -0.15) is 4.98 Å². The maximum atomic E-state index is 12.9. The molecule has 5 rings (SSSR count). The first-order valence-corrected chi connectivity index (χ1v) is 13.8. The first kappa shape index (κ1) is 27.1. The van der Waals surface area contributed by atoms with Crippen molar-refractivity contribution in [2.24, 2.45) is 5.92 Å². The fourth-order valence-corrected chi connectivity index (χ4v) is 5.08. The van der Waals surface area contributed by atoms with Gasteiger partial charge in [0.1, 0.15) is 16.9 Å². The standard InChI is InChI=1S/C28H35ClN8O2/c1-4-17(2)16-36-10-12-37(13-11-36)28-32-18(3)24-26(35-28)34-25(33-24)23-21(8-9-30-27(23)39)31-15-22(38)19-6-5-7-20(29)14-19/h5-9,14,17,22,38H,4,10-13,15-16H2,1-3H3,(H2,30,31,39)(H,32,33,34,35). The number of halogens is 1. The Balaban J connectivity index is 1.37. The van der Waals surface area contributed by atoms with Gasteiger partial charge in [0.15, 0.2) is 5.65 Å². The SMILES string of the molecule is CCC(C)CN1CCN(c2nc(C)c3[nH]c(-c4c(NCC(O)c5cccc(Cl)c5)cc[nH]c4=O)nc3n2)CC1. The van der Waals surface area contributed by atoms with E-state index in [1.807, 2.05) is 6.92 Å². The number of fused-ring (bicyclic) bond motifs is 1. The summed E-state index contributed by atoms with van der Waals surface area (Å²) in [6.07, 6.45) is 1.94. The number of nitrogens with one attached hydrogen (secondary N) is 3. The molecule has 1 aliphatic heterocycles. The van der Waals surface area contributed by atoms with E-state index in [2.05, 4.69) is 38.9 Å². The smallest absolute Gasteiger partial charge is 0.261 e. The molecule has 1 saturated heterocycles. The molecule has 39 heavy (non-hydrogen) atoms. The van der Waals surface area contributed by atoms with Crippen LogP contribution in [0.2, 0.25) is 5.02 Å². The number of anilines is 2. The molecule has 11 heteroatoms. The zero-order valence-electron chi connectivity index (χ0n) is 22.5. The Morgan fingerprint density at radius 2 is 1.95 bits per heavy atom. The summed E-state index contributed by atoms with van der Waals surface area (Å²) in [6.45, 7) is 11.4. The summed E-state index contributed by atoms with van der Waals surface area (Å²) in [5.41, 5.74) is 3.24. The molecular weight excluding hydrogens is 516 g/mol. The Bertz CT molecular complexity index is 1490. The van der Waals surface area contributed by atoms with Gasteiger partial charge in [0.25, 0.3) is 5.56 Å². The predicted molar refractivity (Wildman–Crippen MR) is 155 cm³/mol. The lowest BCUT2D eigenvalue weighted by Crippen LogP contribution is -2.48. The third kappa shape index (κ3) is 6.08. The highest BCUT2D eigenvalue weighted by Gasteiger charge is 2.23. The third-order valence-corrected chi connectivity index (χ3v) is 7.59. The van der Waals surface area contributed by atoms with E-state index in [0.29, 0.717) is 50.7 Å². The molecule has 3 aromatic heterocycles. The molecule has 2 unspecified atom stereocenters. The van der Waals surface area contributed by atoms with Crippen molar-refractivity contribution in [1.29, 1.82) is 0 Å². The van der Waals surface area contributed by atoms with Crippen molar-refractivity contribution in [1.82, 2.24) is 29.8 Å². The van der Waals surface area contributed by atoms with Crippen molar-refractivity contribution in [2.75, 3.05) is 49.5 Å². The van der Waals surface area contributed by atoms with Crippen molar-refractivity contribution in [2.45, 2.75) is 33.3 Å². The maximum absolute atomic E-state index is 12.9. The van der Waals surface area contributed by atoms with Gasteiger partial charge >= 0.3 is 0 Å². The number of piperazine rings is 1. The van der Waals surface area contributed by atoms with Gasteiger partial charge in [-0.3, -0.25) is 9.69 Å². The Labute approximate surface area is 232 Å². The highest BCUT2D eigenvalue weighted by molar-refractivity contribution is 6.30. The maximum Gasteiger partial charge on any atom is 0.261 e. The van der Waals surface area contributed by atoms with Crippen LogP contribution in [-0.2, 0) is 0 Å². The van der Waals surface area contributed by atoms with Crippen LogP contribution in [0.25, 0.3) is 22.6 Å². The number of imidazole rings is 1. The number of benzene rings is 1. The summed E-state index contributed by atoms with van der Waals surface area (Å²) in [5, 5.41) is 14.4. The summed E-state index contributed by atoms with van der Waals surface area (Å²) in [4.78, 5) is 37.8. The van der Waals surface area contributed by atoms with Gasteiger partial charge in [-0.15, -0.1) is 0 Å². The molecule has 0 saturated carbocycles. The molecule has 0 aliphatic carbocycles. The van der Waals surface area contributed by atoms with Crippen LogP contribution in [0.1, 0.15) is 37.6 Å². The van der Waals surface area contributed by atoms with E-state index >= 15 is 0 Å². The number of aryl methyl sites for hydroxylation is 1. The number of nitrogens with zero attached hydrogens (tertiary/aromatic N) is 5. The average molecular weight is 551 g/mol. The molecule has 0 amide bonds. The zero-order valence-corrected chi connectivity index (χ0v) is 23.3. The normalized spacial score (nSPS) is 16.0. The molecule has 10 nitrogen and oxygen atoms in total. The van der Waals surface area contributed by atoms with Crippen molar-refractivity contribution in [3.63, 3.8) is 0 Å². The minimum atomic E-state index is -0.812. The van der Waals surface area contributed by atoms with Crippen molar-refractivity contribution in [3.8, 4) is 11.4 Å². The molecule has 4 aromatic rings. The molecule has 4 heterocycles. The van der Waals surface area contributed by atoms with Crippen LogP contribution in [0.15, 0.2) is 41.3 Å². The lowest BCUT2D eigenvalue weighted by Gasteiger charge is -2.35. The highest BCUT2D eigenvalue weighted by Crippen LogP contribution is 2.27. The summed E-state index contributed by atoms with van der Waals surface area (Å²) in [5.74, 6) is 1.74. The van der Waals surface area contributed by atoms with Gasteiger partial charge in [0.05, 0.1) is 17.5 Å². The number of pyridine rings is 1. The summed E-state index contributed by atoms with van der Waals surface area (Å²) < 4.78 is 0. The summed E-state index contributed by atoms with van der Waals surface area (Å²) in [6, 6.07) is 8.82. The van der Waals surface area contributed by atoms with Crippen LogP contribution in [0.5, 0.6) is 0 Å². The van der Waals surface area contributed by atoms with E-state index in [0.717, 1.165) is 38.4 Å². The number of H-pyrrole nitrogens is 2. The lowest BCUT2D eigenvalue weighted by atomic mass is 10.1. The number of aromatic amines is 2. The van der Waals surface area contributed by atoms with Gasteiger partial charge in [-0.1, -0.05) is 44.0 Å². The van der Waals surface area contributed by atoms with Gasteiger partial charge in [-0.25, -0.2) is 9.97 Å². The Hall–Kier alpha value is -3.47. The zero-order chi connectivity index (χ0) is 27.5. The van der Waals surface area contributed by atoms with Crippen LogP contribution >= 0.6 is 11.6 Å². The molecule has 2 atom stereocenters. The molecule has 0 bridgehead atoms. The quantitative estimate of drug-likeness (QED) is 0.246. The summed E-state index contributed by atoms with van der Waals surface area (Å²) >= 11 is 6.07. The average Bonchev–Trinajstić information content (AvgIpc) is 3.36. The van der Waals surface area contributed by atoms with Crippen LogP contribution in [0, 0.1) is 12.8 Å². The minimum Gasteiger partial charge on any atom is -0.387 e. The monoisotopic (exact) mass is 550 g/mol. The molecule has 206 valence electrons. The Kier molecular flexibility index (Phi) is 8.15. The third-order valence-electron chi connectivity index (χ3n) is 7.36. The van der Waals surface area contributed by atoms with E-state index < -0.39 is 6.10 Å². The van der Waals surface area contributed by atoms with Crippen molar-refractivity contribution < 1.29 is 5.11 Å². The molecule has 4 N–H and O–H groups in total. The van der Waals surface area contributed by atoms with E-state index in [-0.39, 0.29) is 12.1 Å². The van der Waals surface area contributed by atoms with Gasteiger partial charge in [0.2, 0.25) is 5.95 Å². The lowest BCUT2D eigenvalue weighted by molar-refractivity contribution is 0.191. The molecule has 0 spiro atoms. The second-order valence-corrected chi connectivity index (χ2v) is 10.7. The first-order chi connectivity index (χ1) is 18.8. The van der Waals surface area contributed by atoms with Gasteiger partial charge in [-0.05, 0) is 36.6 Å². The van der Waals surface area contributed by atoms with Gasteiger partial charge < -0.3 is 25.3 Å². The second-order valence-electron chi connectivity index (χ2n) is 10.2. The van der Waals surface area contributed by atoms with E-state index in [1.54, 1.807) is 36.5 Å². The topological polar surface area (TPSA) is 126 Å². The van der Waals surface area contributed by atoms with Gasteiger partial charge in [0, 0.05) is 50.5 Å². The summed E-state index contributed by atoms with van der Waals surface area (Å²) in [7, 11) is 0. The fourth-order valence-electron chi connectivity index (χ4n) is 4.88. The molecule has 0 radical (unpaired) electrons. The molecule has 1 fully saturated rings. The van der Waals surface area contributed by atoms with Crippen LogP contribution in [-0.4, -0.2) is 74.2 Å². The molecular formula is C28H35ClN8O2. The second kappa shape index (κ2) is 11.7. The largest absolute Gasteiger partial charge is 0.387 e. The number of aliphatic hydroxyl groups is 1. The van der Waals surface area contributed by atoms with E-state index in [1.165, 1.54) is 6.42 Å². The van der Waals surface area contributed by atoms with Crippen LogP contribution < -0.4 is 15.8 Å². The minimum absolute atomic E-state index is 0.184. The number of aromatic nitrogens is 5. The van der Waals surface area contributed by atoms with E-state index in [4.69, 9.17) is 26.6 Å². The number of hydrogen-bond acceptors (Lipinski definition) is 8. The number of hydrogen-bond donors (Lipinski definition) is 4. The highest BCUT2D eigenvalue weighted by atomic mass is 35.5. The number of rotatable bonds is 9. The van der Waals surface area contributed by atoms with Crippen molar-refractivity contribution >= 4 is 34.4 Å². The van der Waals surface area contributed by atoms with E-state index in [9.17, 15) is 9.90 Å². The van der Waals surface area contributed by atoms with Crippen LogP contribution in [0.3, 0.4) is 0 Å².